The Morgan fingerprint density at radius 2 is 2.07 bits per heavy atom. The SMILES string of the molecule is Cc1ccoc1-c1ncc(CN)cn1. The van der Waals surface area contributed by atoms with Gasteiger partial charge in [-0.1, -0.05) is 0 Å². The van der Waals surface area contributed by atoms with E-state index in [2.05, 4.69) is 9.97 Å². The van der Waals surface area contributed by atoms with Gasteiger partial charge < -0.3 is 10.2 Å². The molecule has 0 aliphatic heterocycles. The second-order valence-electron chi connectivity index (χ2n) is 3.05. The molecule has 0 unspecified atom stereocenters. The molecule has 0 saturated carbocycles. The van der Waals surface area contributed by atoms with Crippen molar-refractivity contribution in [1.29, 1.82) is 0 Å². The number of aryl methyl sites for hydroxylation is 1. The molecule has 0 spiro atoms. The highest BCUT2D eigenvalue weighted by Crippen LogP contribution is 2.19. The van der Waals surface area contributed by atoms with Gasteiger partial charge in [-0.05, 0) is 18.6 Å². The van der Waals surface area contributed by atoms with Gasteiger partial charge in [0.2, 0.25) is 0 Å². The molecular weight excluding hydrogens is 178 g/mol. The summed E-state index contributed by atoms with van der Waals surface area (Å²) in [6.07, 6.45) is 5.06. The zero-order chi connectivity index (χ0) is 9.97. The molecule has 72 valence electrons. The molecule has 2 aromatic heterocycles. The van der Waals surface area contributed by atoms with Gasteiger partial charge in [0.1, 0.15) is 0 Å². The van der Waals surface area contributed by atoms with Gasteiger partial charge >= 0.3 is 0 Å². The highest BCUT2D eigenvalue weighted by atomic mass is 16.3. The van der Waals surface area contributed by atoms with Crippen LogP contribution in [-0.4, -0.2) is 9.97 Å². The quantitative estimate of drug-likeness (QED) is 0.777. The lowest BCUT2D eigenvalue weighted by atomic mass is 10.2. The summed E-state index contributed by atoms with van der Waals surface area (Å²) < 4.78 is 5.27. The number of nitrogens with zero attached hydrogens (tertiary/aromatic N) is 2. The summed E-state index contributed by atoms with van der Waals surface area (Å²) in [5.74, 6) is 1.32. The van der Waals surface area contributed by atoms with Crippen molar-refractivity contribution in [2.45, 2.75) is 13.5 Å². The Balaban J connectivity index is 2.39. The molecule has 0 bridgehead atoms. The molecule has 4 nitrogen and oxygen atoms in total. The second-order valence-corrected chi connectivity index (χ2v) is 3.05. The lowest BCUT2D eigenvalue weighted by Crippen LogP contribution is -1.98. The molecule has 2 aromatic rings. The van der Waals surface area contributed by atoms with Gasteiger partial charge in [0.25, 0.3) is 0 Å². The molecule has 0 amide bonds. The van der Waals surface area contributed by atoms with E-state index in [4.69, 9.17) is 10.2 Å². The van der Waals surface area contributed by atoms with Crippen LogP contribution in [-0.2, 0) is 6.54 Å². The highest BCUT2D eigenvalue weighted by Gasteiger charge is 2.07. The van der Waals surface area contributed by atoms with Crippen LogP contribution < -0.4 is 5.73 Å². The van der Waals surface area contributed by atoms with Crippen LogP contribution in [0, 0.1) is 6.92 Å². The van der Waals surface area contributed by atoms with E-state index in [1.165, 1.54) is 0 Å². The normalized spacial score (nSPS) is 10.4. The number of furan rings is 1. The first-order valence-electron chi connectivity index (χ1n) is 4.36. The predicted octanol–water partition coefficient (Wildman–Crippen LogP) is 1.50. The Morgan fingerprint density at radius 3 is 2.57 bits per heavy atom. The van der Waals surface area contributed by atoms with E-state index in [0.717, 1.165) is 11.1 Å². The first-order chi connectivity index (χ1) is 6.81. The molecule has 2 rings (SSSR count). The van der Waals surface area contributed by atoms with Crippen molar-refractivity contribution in [3.63, 3.8) is 0 Å². The largest absolute Gasteiger partial charge is 0.461 e. The molecular formula is C10H11N3O. The number of rotatable bonds is 2. The number of hydrogen-bond donors (Lipinski definition) is 1. The van der Waals surface area contributed by atoms with Crippen LogP contribution in [0.2, 0.25) is 0 Å². The van der Waals surface area contributed by atoms with Gasteiger partial charge in [0.15, 0.2) is 11.6 Å². The molecule has 0 aliphatic rings. The molecule has 0 atom stereocenters. The average Bonchev–Trinajstić information content (AvgIpc) is 2.65. The minimum absolute atomic E-state index is 0.456. The van der Waals surface area contributed by atoms with E-state index < -0.39 is 0 Å². The van der Waals surface area contributed by atoms with Gasteiger partial charge in [-0.3, -0.25) is 0 Å². The van der Waals surface area contributed by atoms with E-state index in [1.807, 2.05) is 13.0 Å². The molecule has 4 heteroatoms. The maximum Gasteiger partial charge on any atom is 0.195 e. The van der Waals surface area contributed by atoms with Crippen molar-refractivity contribution in [1.82, 2.24) is 9.97 Å². The van der Waals surface area contributed by atoms with Gasteiger partial charge in [-0.15, -0.1) is 0 Å². The van der Waals surface area contributed by atoms with E-state index in [0.29, 0.717) is 18.1 Å². The fourth-order valence-corrected chi connectivity index (χ4v) is 1.18. The lowest BCUT2D eigenvalue weighted by molar-refractivity contribution is 0.575. The number of hydrogen-bond acceptors (Lipinski definition) is 4. The third-order valence-corrected chi connectivity index (χ3v) is 2.01. The smallest absolute Gasteiger partial charge is 0.195 e. The maximum absolute atomic E-state index is 5.45. The monoisotopic (exact) mass is 189 g/mol. The lowest BCUT2D eigenvalue weighted by Gasteiger charge is -1.98. The van der Waals surface area contributed by atoms with Crippen LogP contribution in [0.4, 0.5) is 0 Å². The first-order valence-corrected chi connectivity index (χ1v) is 4.36. The van der Waals surface area contributed by atoms with Crippen LogP contribution in [0.15, 0.2) is 29.1 Å². The Kier molecular flexibility index (Phi) is 2.28. The maximum atomic E-state index is 5.45. The first kappa shape index (κ1) is 8.90. The second kappa shape index (κ2) is 3.59. The van der Waals surface area contributed by atoms with Crippen LogP contribution in [0.1, 0.15) is 11.1 Å². The van der Waals surface area contributed by atoms with Gasteiger partial charge in [0.05, 0.1) is 6.26 Å². The van der Waals surface area contributed by atoms with Crippen LogP contribution in [0.3, 0.4) is 0 Å². The van der Waals surface area contributed by atoms with Crippen LogP contribution in [0.5, 0.6) is 0 Å². The molecule has 2 N–H and O–H groups in total. The molecule has 0 fully saturated rings. The van der Waals surface area contributed by atoms with E-state index in [1.54, 1.807) is 18.7 Å². The molecule has 0 aliphatic carbocycles. The summed E-state index contributed by atoms with van der Waals surface area (Å²) in [5.41, 5.74) is 7.39. The molecule has 0 radical (unpaired) electrons. The van der Waals surface area contributed by atoms with Crippen LogP contribution in [0.25, 0.3) is 11.6 Å². The summed E-state index contributed by atoms with van der Waals surface area (Å²) in [5, 5.41) is 0. The topological polar surface area (TPSA) is 64.9 Å². The van der Waals surface area contributed by atoms with Crippen LogP contribution >= 0.6 is 0 Å². The van der Waals surface area contributed by atoms with Gasteiger partial charge in [-0.2, -0.15) is 0 Å². The molecule has 2 heterocycles. The third-order valence-electron chi connectivity index (χ3n) is 2.01. The van der Waals surface area contributed by atoms with Crippen molar-refractivity contribution in [2.24, 2.45) is 5.73 Å². The van der Waals surface area contributed by atoms with Gasteiger partial charge in [0, 0.05) is 24.5 Å². The minimum atomic E-state index is 0.456. The van der Waals surface area contributed by atoms with Gasteiger partial charge in [-0.25, -0.2) is 9.97 Å². The molecule has 0 aromatic carbocycles. The fraction of sp³-hybridized carbons (Fsp3) is 0.200. The summed E-state index contributed by atoms with van der Waals surface area (Å²) in [6.45, 7) is 2.41. The van der Waals surface area contributed by atoms with Crippen molar-refractivity contribution in [2.75, 3.05) is 0 Å². The minimum Gasteiger partial charge on any atom is -0.461 e. The summed E-state index contributed by atoms with van der Waals surface area (Å²) in [4.78, 5) is 8.34. The molecule has 14 heavy (non-hydrogen) atoms. The van der Waals surface area contributed by atoms with E-state index in [-0.39, 0.29) is 0 Å². The van der Waals surface area contributed by atoms with Crippen molar-refractivity contribution in [3.05, 3.63) is 35.9 Å². The third kappa shape index (κ3) is 1.52. The predicted molar refractivity (Wildman–Crippen MR) is 52.4 cm³/mol. The average molecular weight is 189 g/mol. The Hall–Kier alpha value is -1.68. The summed E-state index contributed by atoms with van der Waals surface area (Å²) in [7, 11) is 0. The Bertz CT molecular complexity index is 419. The van der Waals surface area contributed by atoms with Crippen molar-refractivity contribution < 1.29 is 4.42 Å². The van der Waals surface area contributed by atoms with Crippen molar-refractivity contribution in [3.8, 4) is 11.6 Å². The van der Waals surface area contributed by atoms with E-state index in [9.17, 15) is 0 Å². The summed E-state index contributed by atoms with van der Waals surface area (Å²) in [6, 6.07) is 1.88. The zero-order valence-corrected chi connectivity index (χ0v) is 7.90. The molecule has 0 saturated heterocycles. The number of aromatic nitrogens is 2. The highest BCUT2D eigenvalue weighted by molar-refractivity contribution is 5.51. The van der Waals surface area contributed by atoms with Crippen molar-refractivity contribution >= 4 is 0 Å². The number of nitrogens with two attached hydrogens (primary N) is 1. The zero-order valence-electron chi connectivity index (χ0n) is 7.90. The fourth-order valence-electron chi connectivity index (χ4n) is 1.18. The summed E-state index contributed by atoms with van der Waals surface area (Å²) >= 11 is 0. The Morgan fingerprint density at radius 1 is 1.36 bits per heavy atom. The Labute approximate surface area is 81.8 Å². The van der Waals surface area contributed by atoms with E-state index >= 15 is 0 Å². The standard InChI is InChI=1S/C10H11N3O/c1-7-2-3-14-9(7)10-12-5-8(4-11)6-13-10/h2-3,5-6H,4,11H2,1H3.